The summed E-state index contributed by atoms with van der Waals surface area (Å²) in [6, 6.07) is 12.0. The van der Waals surface area contributed by atoms with Crippen LogP contribution in [-0.2, 0) is 11.2 Å². The number of carbonyl (C=O) groups is 1. The van der Waals surface area contributed by atoms with E-state index in [4.69, 9.17) is 16.3 Å². The Morgan fingerprint density at radius 2 is 2.00 bits per heavy atom. The molecule has 2 aromatic rings. The van der Waals surface area contributed by atoms with Crippen molar-refractivity contribution in [2.45, 2.75) is 6.42 Å². The molecular formula is C18H17ClFNO2. The van der Waals surface area contributed by atoms with Crippen molar-refractivity contribution < 1.29 is 13.9 Å². The molecule has 1 N–H and O–H groups in total. The first kappa shape index (κ1) is 17.0. The van der Waals surface area contributed by atoms with Crippen LogP contribution in [0.2, 0.25) is 5.02 Å². The summed E-state index contributed by atoms with van der Waals surface area (Å²) >= 11 is 5.89. The van der Waals surface area contributed by atoms with Gasteiger partial charge in [-0.2, -0.15) is 0 Å². The summed E-state index contributed by atoms with van der Waals surface area (Å²) in [7, 11) is 1.61. The van der Waals surface area contributed by atoms with Gasteiger partial charge in [-0.05, 0) is 42.3 Å². The van der Waals surface area contributed by atoms with Crippen LogP contribution in [0.25, 0.3) is 6.08 Å². The first-order chi connectivity index (χ1) is 11.1. The van der Waals surface area contributed by atoms with Crippen LogP contribution in [0, 0.1) is 5.82 Å². The van der Waals surface area contributed by atoms with E-state index in [0.29, 0.717) is 13.0 Å². The molecule has 2 rings (SSSR count). The van der Waals surface area contributed by atoms with Gasteiger partial charge < -0.3 is 10.1 Å². The van der Waals surface area contributed by atoms with Crippen molar-refractivity contribution in [2.24, 2.45) is 0 Å². The predicted molar refractivity (Wildman–Crippen MR) is 90.2 cm³/mol. The molecule has 0 radical (unpaired) electrons. The van der Waals surface area contributed by atoms with E-state index in [-0.39, 0.29) is 16.5 Å². The molecule has 0 aliphatic heterocycles. The molecule has 0 unspecified atom stereocenters. The second-order valence-electron chi connectivity index (χ2n) is 4.86. The minimum atomic E-state index is -0.459. The van der Waals surface area contributed by atoms with Gasteiger partial charge in [-0.25, -0.2) is 4.39 Å². The highest BCUT2D eigenvalue weighted by atomic mass is 35.5. The molecule has 3 nitrogen and oxygen atoms in total. The summed E-state index contributed by atoms with van der Waals surface area (Å²) in [5.74, 6) is 0.0418. The number of amides is 1. The number of nitrogens with one attached hydrogen (secondary N) is 1. The van der Waals surface area contributed by atoms with Crippen molar-refractivity contribution in [3.05, 3.63) is 70.5 Å². The number of ether oxygens (including phenoxy) is 1. The van der Waals surface area contributed by atoms with Crippen LogP contribution in [-0.4, -0.2) is 19.6 Å². The molecule has 0 aliphatic rings. The van der Waals surface area contributed by atoms with Crippen molar-refractivity contribution >= 4 is 23.6 Å². The fraction of sp³-hybridized carbons (Fsp3) is 0.167. The standard InChI is InChI=1S/C18H17ClFNO2/c1-23-14-7-5-13(6-8-14)11-12-21-18(22)10-9-15-16(19)3-2-4-17(15)20/h2-10H,11-12H2,1H3,(H,21,22)/b10-9+. The van der Waals surface area contributed by atoms with Crippen LogP contribution in [0.4, 0.5) is 4.39 Å². The summed E-state index contributed by atoms with van der Waals surface area (Å²) in [6.07, 6.45) is 3.35. The zero-order valence-corrected chi connectivity index (χ0v) is 13.4. The number of benzene rings is 2. The van der Waals surface area contributed by atoms with Crippen LogP contribution in [0.15, 0.2) is 48.5 Å². The van der Waals surface area contributed by atoms with E-state index in [1.165, 1.54) is 24.3 Å². The van der Waals surface area contributed by atoms with Gasteiger partial charge in [0, 0.05) is 18.2 Å². The zero-order valence-electron chi connectivity index (χ0n) is 12.7. The maximum atomic E-state index is 13.6. The molecule has 120 valence electrons. The molecule has 0 saturated carbocycles. The Morgan fingerprint density at radius 1 is 1.26 bits per heavy atom. The lowest BCUT2D eigenvalue weighted by molar-refractivity contribution is -0.116. The van der Waals surface area contributed by atoms with E-state index in [9.17, 15) is 9.18 Å². The van der Waals surface area contributed by atoms with E-state index in [0.717, 1.165) is 11.3 Å². The molecule has 5 heteroatoms. The minimum absolute atomic E-state index is 0.208. The summed E-state index contributed by atoms with van der Waals surface area (Å²) in [6.45, 7) is 0.487. The Kier molecular flexibility index (Phi) is 6.18. The Balaban J connectivity index is 1.84. The third-order valence-corrected chi connectivity index (χ3v) is 3.60. The van der Waals surface area contributed by atoms with Gasteiger partial charge in [0.25, 0.3) is 0 Å². The third-order valence-electron chi connectivity index (χ3n) is 3.27. The second-order valence-corrected chi connectivity index (χ2v) is 5.26. The molecular weight excluding hydrogens is 317 g/mol. The quantitative estimate of drug-likeness (QED) is 0.815. The second kappa shape index (κ2) is 8.34. The van der Waals surface area contributed by atoms with Crippen LogP contribution < -0.4 is 10.1 Å². The monoisotopic (exact) mass is 333 g/mol. The lowest BCUT2D eigenvalue weighted by Crippen LogP contribution is -2.23. The molecule has 23 heavy (non-hydrogen) atoms. The molecule has 0 fully saturated rings. The summed E-state index contributed by atoms with van der Waals surface area (Å²) in [5.41, 5.74) is 1.30. The number of hydrogen-bond acceptors (Lipinski definition) is 2. The Bertz CT molecular complexity index is 678. The first-order valence-electron chi connectivity index (χ1n) is 7.13. The average Bonchev–Trinajstić information content (AvgIpc) is 2.55. The molecule has 0 saturated heterocycles. The molecule has 1 amide bonds. The highest BCUT2D eigenvalue weighted by molar-refractivity contribution is 6.32. The predicted octanol–water partition coefficient (Wildman–Crippen LogP) is 3.86. The van der Waals surface area contributed by atoms with Gasteiger partial charge in [0.2, 0.25) is 5.91 Å². The number of halogens is 2. The van der Waals surface area contributed by atoms with E-state index in [2.05, 4.69) is 5.32 Å². The average molecular weight is 334 g/mol. The number of methoxy groups -OCH3 is 1. The Morgan fingerprint density at radius 3 is 2.65 bits per heavy atom. The highest BCUT2D eigenvalue weighted by Crippen LogP contribution is 2.20. The molecule has 2 aromatic carbocycles. The van der Waals surface area contributed by atoms with Gasteiger partial charge in [0.15, 0.2) is 0 Å². The van der Waals surface area contributed by atoms with Crippen molar-refractivity contribution in [3.8, 4) is 5.75 Å². The Hall–Kier alpha value is -2.33. The lowest BCUT2D eigenvalue weighted by atomic mass is 10.1. The van der Waals surface area contributed by atoms with E-state index in [1.807, 2.05) is 24.3 Å². The molecule has 0 aromatic heterocycles. The highest BCUT2D eigenvalue weighted by Gasteiger charge is 2.04. The Labute approximate surface area is 139 Å². The maximum absolute atomic E-state index is 13.6. The topological polar surface area (TPSA) is 38.3 Å². The molecule has 0 aliphatic carbocycles. The largest absolute Gasteiger partial charge is 0.497 e. The normalized spacial score (nSPS) is 10.7. The van der Waals surface area contributed by atoms with Gasteiger partial charge in [-0.1, -0.05) is 29.8 Å². The molecule has 0 spiro atoms. The van der Waals surface area contributed by atoms with Crippen molar-refractivity contribution in [1.29, 1.82) is 0 Å². The molecule has 0 atom stereocenters. The lowest BCUT2D eigenvalue weighted by Gasteiger charge is -2.04. The zero-order chi connectivity index (χ0) is 16.7. The smallest absolute Gasteiger partial charge is 0.244 e. The fourth-order valence-electron chi connectivity index (χ4n) is 2.01. The van der Waals surface area contributed by atoms with Crippen LogP contribution in [0.5, 0.6) is 5.75 Å². The van der Waals surface area contributed by atoms with Gasteiger partial charge in [0.1, 0.15) is 11.6 Å². The fourth-order valence-corrected chi connectivity index (χ4v) is 2.24. The third kappa shape index (κ3) is 5.11. The van der Waals surface area contributed by atoms with Gasteiger partial charge in [-0.3, -0.25) is 4.79 Å². The van der Waals surface area contributed by atoms with Gasteiger partial charge in [0.05, 0.1) is 12.1 Å². The van der Waals surface area contributed by atoms with Crippen molar-refractivity contribution in [2.75, 3.05) is 13.7 Å². The summed E-state index contributed by atoms with van der Waals surface area (Å²) in [5, 5.41) is 3.02. The van der Waals surface area contributed by atoms with Crippen molar-refractivity contribution in [1.82, 2.24) is 5.32 Å². The van der Waals surface area contributed by atoms with Crippen LogP contribution >= 0.6 is 11.6 Å². The van der Waals surface area contributed by atoms with E-state index in [1.54, 1.807) is 13.2 Å². The van der Waals surface area contributed by atoms with Crippen molar-refractivity contribution in [3.63, 3.8) is 0 Å². The SMILES string of the molecule is COc1ccc(CCNC(=O)/C=C/c2c(F)cccc2Cl)cc1. The van der Waals surface area contributed by atoms with E-state index < -0.39 is 5.82 Å². The maximum Gasteiger partial charge on any atom is 0.244 e. The summed E-state index contributed by atoms with van der Waals surface area (Å²) < 4.78 is 18.6. The van der Waals surface area contributed by atoms with Gasteiger partial charge >= 0.3 is 0 Å². The van der Waals surface area contributed by atoms with Crippen LogP contribution in [0.3, 0.4) is 0 Å². The molecule has 0 bridgehead atoms. The number of carbonyl (C=O) groups excluding carboxylic acids is 1. The number of hydrogen-bond donors (Lipinski definition) is 1. The van der Waals surface area contributed by atoms with Gasteiger partial charge in [-0.15, -0.1) is 0 Å². The minimum Gasteiger partial charge on any atom is -0.497 e. The molecule has 0 heterocycles. The number of rotatable bonds is 6. The summed E-state index contributed by atoms with van der Waals surface area (Å²) in [4.78, 5) is 11.7. The first-order valence-corrected chi connectivity index (χ1v) is 7.51. The van der Waals surface area contributed by atoms with Crippen LogP contribution in [0.1, 0.15) is 11.1 Å². The van der Waals surface area contributed by atoms with E-state index >= 15 is 0 Å².